The molecule has 1 unspecified atom stereocenters. The van der Waals surface area contributed by atoms with E-state index in [9.17, 15) is 0 Å². The summed E-state index contributed by atoms with van der Waals surface area (Å²) >= 11 is 0. The highest BCUT2D eigenvalue weighted by atomic mass is 35.5. The van der Waals surface area contributed by atoms with E-state index in [0.717, 1.165) is 5.56 Å². The number of methoxy groups -OCH3 is 3. The molecule has 8 heteroatoms. The SMILES string of the molecule is COc1ccc(Cc2noc(C(CN)OC)n2)cc1OC.Cl. The normalized spacial score (nSPS) is 11.6. The molecule has 0 amide bonds. The molecule has 2 rings (SSSR count). The molecule has 1 aromatic carbocycles. The van der Waals surface area contributed by atoms with Crippen molar-refractivity contribution in [3.05, 3.63) is 35.5 Å². The lowest BCUT2D eigenvalue weighted by atomic mass is 10.1. The second-order valence-corrected chi connectivity index (χ2v) is 4.38. The molecule has 7 nitrogen and oxygen atoms in total. The molecule has 0 radical (unpaired) electrons. The van der Waals surface area contributed by atoms with Crippen LogP contribution in [0.15, 0.2) is 22.7 Å². The molecule has 122 valence electrons. The molecule has 22 heavy (non-hydrogen) atoms. The largest absolute Gasteiger partial charge is 0.493 e. The van der Waals surface area contributed by atoms with Gasteiger partial charge in [0.15, 0.2) is 17.3 Å². The van der Waals surface area contributed by atoms with Crippen molar-refractivity contribution in [3.8, 4) is 11.5 Å². The topological polar surface area (TPSA) is 92.6 Å². The van der Waals surface area contributed by atoms with Gasteiger partial charge in [0.25, 0.3) is 5.89 Å². The maximum atomic E-state index is 5.56. The molecule has 0 aliphatic rings. The predicted octanol–water partition coefficient (Wildman–Crippen LogP) is 1.75. The molecule has 1 aromatic heterocycles. The third-order valence-corrected chi connectivity index (χ3v) is 3.07. The van der Waals surface area contributed by atoms with Crippen molar-refractivity contribution >= 4 is 12.4 Å². The van der Waals surface area contributed by atoms with Crippen LogP contribution in [-0.4, -0.2) is 38.0 Å². The van der Waals surface area contributed by atoms with Crippen molar-refractivity contribution in [3.63, 3.8) is 0 Å². The number of benzene rings is 1. The minimum absolute atomic E-state index is 0. The summed E-state index contributed by atoms with van der Waals surface area (Å²) in [7, 11) is 4.74. The van der Waals surface area contributed by atoms with E-state index in [1.807, 2.05) is 18.2 Å². The Morgan fingerprint density at radius 1 is 1.18 bits per heavy atom. The van der Waals surface area contributed by atoms with Crippen molar-refractivity contribution in [1.82, 2.24) is 10.1 Å². The van der Waals surface area contributed by atoms with E-state index in [1.165, 1.54) is 0 Å². The summed E-state index contributed by atoms with van der Waals surface area (Å²) in [6.45, 7) is 0.286. The Bertz CT molecular complexity index is 587. The van der Waals surface area contributed by atoms with Crippen molar-refractivity contribution < 1.29 is 18.7 Å². The Kier molecular flexibility index (Phi) is 7.10. The van der Waals surface area contributed by atoms with Crippen LogP contribution in [0, 0.1) is 0 Å². The standard InChI is InChI=1S/C14H19N3O4.ClH/c1-18-10-5-4-9(6-11(10)19-2)7-13-16-14(21-17-13)12(8-15)20-3;/h4-6,12H,7-8,15H2,1-3H3;1H. The summed E-state index contributed by atoms with van der Waals surface area (Å²) in [6, 6.07) is 5.65. The first-order chi connectivity index (χ1) is 10.2. The Morgan fingerprint density at radius 2 is 1.91 bits per heavy atom. The fourth-order valence-corrected chi connectivity index (χ4v) is 1.94. The number of rotatable bonds is 7. The molecule has 2 N–H and O–H groups in total. The molecule has 0 aliphatic carbocycles. The van der Waals surface area contributed by atoms with Crippen LogP contribution in [0.25, 0.3) is 0 Å². The lowest BCUT2D eigenvalue weighted by Gasteiger charge is -2.08. The molecule has 1 heterocycles. The van der Waals surface area contributed by atoms with Crippen molar-refractivity contribution in [1.29, 1.82) is 0 Å². The highest BCUT2D eigenvalue weighted by Gasteiger charge is 2.17. The van der Waals surface area contributed by atoms with Crippen LogP contribution in [0.1, 0.15) is 23.4 Å². The molecule has 1 atom stereocenters. The second kappa shape index (κ2) is 8.57. The van der Waals surface area contributed by atoms with Gasteiger partial charge < -0.3 is 24.5 Å². The van der Waals surface area contributed by atoms with Crippen molar-refractivity contribution in [2.75, 3.05) is 27.9 Å². The Labute approximate surface area is 135 Å². The smallest absolute Gasteiger partial charge is 0.257 e. The van der Waals surface area contributed by atoms with Crippen LogP contribution in [-0.2, 0) is 11.2 Å². The number of hydrogen-bond donors (Lipinski definition) is 1. The number of nitrogens with zero attached hydrogens (tertiary/aromatic N) is 2. The van der Waals surface area contributed by atoms with Crippen LogP contribution in [0.2, 0.25) is 0 Å². The zero-order chi connectivity index (χ0) is 15.2. The summed E-state index contributed by atoms with van der Waals surface area (Å²) in [5, 5.41) is 3.93. The van der Waals surface area contributed by atoms with E-state index in [-0.39, 0.29) is 25.1 Å². The Hall–Kier alpha value is -1.83. The van der Waals surface area contributed by atoms with Gasteiger partial charge in [0.2, 0.25) is 0 Å². The van der Waals surface area contributed by atoms with Gasteiger partial charge in [-0.2, -0.15) is 4.98 Å². The van der Waals surface area contributed by atoms with Gasteiger partial charge in [0, 0.05) is 20.1 Å². The van der Waals surface area contributed by atoms with E-state index < -0.39 is 0 Å². The van der Waals surface area contributed by atoms with Gasteiger partial charge in [-0.05, 0) is 17.7 Å². The maximum absolute atomic E-state index is 5.56. The van der Waals surface area contributed by atoms with Gasteiger partial charge in [-0.25, -0.2) is 0 Å². The number of hydrogen-bond acceptors (Lipinski definition) is 7. The van der Waals surface area contributed by atoms with Crippen molar-refractivity contribution in [2.24, 2.45) is 5.73 Å². The molecule has 0 saturated heterocycles. The Balaban J connectivity index is 0.00000242. The Morgan fingerprint density at radius 3 is 2.50 bits per heavy atom. The van der Waals surface area contributed by atoms with Crippen LogP contribution in [0.4, 0.5) is 0 Å². The van der Waals surface area contributed by atoms with E-state index in [4.69, 9.17) is 24.5 Å². The molecule has 0 fully saturated rings. The first-order valence-electron chi connectivity index (χ1n) is 6.48. The van der Waals surface area contributed by atoms with Crippen LogP contribution >= 0.6 is 12.4 Å². The van der Waals surface area contributed by atoms with Crippen LogP contribution in [0.3, 0.4) is 0 Å². The van der Waals surface area contributed by atoms with Crippen molar-refractivity contribution in [2.45, 2.75) is 12.5 Å². The highest BCUT2D eigenvalue weighted by molar-refractivity contribution is 5.85. The van der Waals surface area contributed by atoms with Gasteiger partial charge in [-0.15, -0.1) is 12.4 Å². The first-order valence-corrected chi connectivity index (χ1v) is 6.48. The van der Waals surface area contributed by atoms with E-state index >= 15 is 0 Å². The summed E-state index contributed by atoms with van der Waals surface area (Å²) in [6.07, 6.45) is 0.141. The molecule has 0 saturated carbocycles. The molecular formula is C14H20ClN3O4. The van der Waals surface area contributed by atoms with Crippen LogP contribution < -0.4 is 15.2 Å². The first kappa shape index (κ1) is 18.2. The third-order valence-electron chi connectivity index (χ3n) is 3.07. The summed E-state index contributed by atoms with van der Waals surface area (Å²) in [5.74, 6) is 2.29. The zero-order valence-electron chi connectivity index (χ0n) is 12.7. The van der Waals surface area contributed by atoms with Gasteiger partial charge in [-0.3, -0.25) is 0 Å². The second-order valence-electron chi connectivity index (χ2n) is 4.38. The van der Waals surface area contributed by atoms with E-state index in [1.54, 1.807) is 21.3 Å². The summed E-state index contributed by atoms with van der Waals surface area (Å²) in [4.78, 5) is 4.29. The highest BCUT2D eigenvalue weighted by Crippen LogP contribution is 2.28. The third kappa shape index (κ3) is 4.09. The number of aromatic nitrogens is 2. The minimum Gasteiger partial charge on any atom is -0.493 e. The molecule has 0 bridgehead atoms. The molecule has 0 aliphatic heterocycles. The molecule has 0 spiro atoms. The lowest BCUT2D eigenvalue weighted by molar-refractivity contribution is 0.0804. The number of halogens is 1. The predicted molar refractivity (Wildman–Crippen MR) is 82.7 cm³/mol. The van der Waals surface area contributed by atoms with Gasteiger partial charge >= 0.3 is 0 Å². The summed E-state index contributed by atoms with van der Waals surface area (Å²) < 4.78 is 20.8. The zero-order valence-corrected chi connectivity index (χ0v) is 13.6. The average molecular weight is 330 g/mol. The molecular weight excluding hydrogens is 310 g/mol. The minimum atomic E-state index is -0.378. The quantitative estimate of drug-likeness (QED) is 0.827. The molecule has 2 aromatic rings. The summed E-state index contributed by atoms with van der Waals surface area (Å²) in [5.41, 5.74) is 6.55. The lowest BCUT2D eigenvalue weighted by Crippen LogP contribution is -2.14. The van der Waals surface area contributed by atoms with Gasteiger partial charge in [0.05, 0.1) is 14.2 Å². The maximum Gasteiger partial charge on any atom is 0.257 e. The van der Waals surface area contributed by atoms with Gasteiger partial charge in [-0.1, -0.05) is 11.2 Å². The monoisotopic (exact) mass is 329 g/mol. The van der Waals surface area contributed by atoms with E-state index in [2.05, 4.69) is 10.1 Å². The van der Waals surface area contributed by atoms with Gasteiger partial charge in [0.1, 0.15) is 6.10 Å². The average Bonchev–Trinajstić information content (AvgIpc) is 2.96. The number of nitrogens with two attached hydrogens (primary N) is 1. The fourth-order valence-electron chi connectivity index (χ4n) is 1.94. The van der Waals surface area contributed by atoms with Crippen LogP contribution in [0.5, 0.6) is 11.5 Å². The fraction of sp³-hybridized carbons (Fsp3) is 0.429. The van der Waals surface area contributed by atoms with E-state index in [0.29, 0.717) is 29.6 Å². The number of ether oxygens (including phenoxy) is 3.